The summed E-state index contributed by atoms with van der Waals surface area (Å²) in [5.41, 5.74) is 2.27. The first-order chi connectivity index (χ1) is 13.5. The van der Waals surface area contributed by atoms with E-state index < -0.39 is 5.97 Å². The molecule has 3 rings (SSSR count). The second-order valence-electron chi connectivity index (χ2n) is 6.11. The molecule has 0 aliphatic heterocycles. The highest BCUT2D eigenvalue weighted by atomic mass is 16.5. The van der Waals surface area contributed by atoms with E-state index in [0.717, 1.165) is 5.56 Å². The number of Topliss-reactive ketones (excluding diaryl/α,β-unsaturated/α-hetero) is 1. The number of methoxy groups -OCH3 is 1. The van der Waals surface area contributed by atoms with Crippen LogP contribution in [0.3, 0.4) is 0 Å². The molecule has 28 heavy (non-hydrogen) atoms. The smallest absolute Gasteiger partial charge is 0.338 e. The van der Waals surface area contributed by atoms with Gasteiger partial charge < -0.3 is 9.15 Å². The Hall–Kier alpha value is -3.91. The van der Waals surface area contributed by atoms with Crippen LogP contribution in [-0.4, -0.2) is 18.9 Å². The molecule has 138 valence electrons. The monoisotopic (exact) mass is 371 g/mol. The molecule has 0 aliphatic rings. The molecule has 0 unspecified atom stereocenters. The third-order valence-corrected chi connectivity index (χ3v) is 4.16. The molecule has 0 saturated heterocycles. The Morgan fingerprint density at radius 1 is 1.07 bits per heavy atom. The van der Waals surface area contributed by atoms with E-state index in [-0.39, 0.29) is 11.4 Å². The summed E-state index contributed by atoms with van der Waals surface area (Å²) in [7, 11) is 1.31. The summed E-state index contributed by atoms with van der Waals surface area (Å²) in [5, 5.41) is 9.42. The van der Waals surface area contributed by atoms with Crippen molar-refractivity contribution in [3.63, 3.8) is 0 Å². The number of ether oxygens (including phenoxy) is 1. The number of allylic oxidation sites excluding steroid dienone is 1. The number of benzene rings is 2. The van der Waals surface area contributed by atoms with Crippen LogP contribution in [-0.2, 0) is 4.74 Å². The lowest BCUT2D eigenvalue weighted by Gasteiger charge is -2.04. The average molecular weight is 371 g/mol. The Morgan fingerprint density at radius 3 is 2.57 bits per heavy atom. The zero-order valence-corrected chi connectivity index (χ0v) is 15.4. The minimum Gasteiger partial charge on any atom is -0.465 e. The van der Waals surface area contributed by atoms with Crippen molar-refractivity contribution in [3.8, 4) is 17.4 Å². The molecule has 2 aromatic carbocycles. The van der Waals surface area contributed by atoms with E-state index in [4.69, 9.17) is 9.15 Å². The topological polar surface area (TPSA) is 80.3 Å². The lowest BCUT2D eigenvalue weighted by Crippen LogP contribution is -2.02. The van der Waals surface area contributed by atoms with Crippen molar-refractivity contribution in [2.45, 2.75) is 6.92 Å². The number of nitrogens with zero attached hydrogens (tertiary/aromatic N) is 1. The molecule has 0 saturated carbocycles. The van der Waals surface area contributed by atoms with E-state index in [2.05, 4.69) is 0 Å². The fourth-order valence-corrected chi connectivity index (χ4v) is 2.79. The summed E-state index contributed by atoms with van der Waals surface area (Å²) >= 11 is 0. The van der Waals surface area contributed by atoms with Crippen LogP contribution in [0.25, 0.3) is 17.4 Å². The summed E-state index contributed by atoms with van der Waals surface area (Å²) in [4.78, 5) is 24.5. The van der Waals surface area contributed by atoms with E-state index in [9.17, 15) is 14.9 Å². The van der Waals surface area contributed by atoms with Crippen LogP contribution in [0.15, 0.2) is 70.7 Å². The number of esters is 1. The third-order valence-electron chi connectivity index (χ3n) is 4.16. The van der Waals surface area contributed by atoms with Gasteiger partial charge in [0.25, 0.3) is 0 Å². The Balaban J connectivity index is 1.95. The van der Waals surface area contributed by atoms with E-state index >= 15 is 0 Å². The number of carbonyl (C=O) groups is 2. The van der Waals surface area contributed by atoms with Crippen molar-refractivity contribution in [2.75, 3.05) is 7.11 Å². The minimum absolute atomic E-state index is 0.0345. The molecule has 0 bridgehead atoms. The van der Waals surface area contributed by atoms with Crippen LogP contribution in [0.2, 0.25) is 0 Å². The normalized spacial score (nSPS) is 11.0. The second-order valence-corrected chi connectivity index (χ2v) is 6.11. The van der Waals surface area contributed by atoms with Gasteiger partial charge in [0, 0.05) is 17.2 Å². The van der Waals surface area contributed by atoms with Gasteiger partial charge in [-0.25, -0.2) is 4.79 Å². The number of carbonyl (C=O) groups excluding carboxylic acids is 2. The van der Waals surface area contributed by atoms with Crippen LogP contribution in [0.4, 0.5) is 0 Å². The minimum atomic E-state index is -0.476. The summed E-state index contributed by atoms with van der Waals surface area (Å²) in [6, 6.07) is 19.2. The van der Waals surface area contributed by atoms with E-state index in [1.165, 1.54) is 13.2 Å². The zero-order valence-electron chi connectivity index (χ0n) is 15.4. The highest BCUT2D eigenvalue weighted by Gasteiger charge is 2.16. The van der Waals surface area contributed by atoms with Gasteiger partial charge in [0.05, 0.1) is 12.7 Å². The van der Waals surface area contributed by atoms with E-state index in [1.807, 2.05) is 19.1 Å². The molecule has 0 N–H and O–H groups in total. The number of rotatable bonds is 5. The number of nitriles is 1. The molecule has 5 heteroatoms. The van der Waals surface area contributed by atoms with Crippen LogP contribution in [0.1, 0.15) is 32.0 Å². The largest absolute Gasteiger partial charge is 0.465 e. The Labute approximate surface area is 162 Å². The lowest BCUT2D eigenvalue weighted by atomic mass is 10.0. The third kappa shape index (κ3) is 3.92. The first-order valence-electron chi connectivity index (χ1n) is 8.54. The van der Waals surface area contributed by atoms with Gasteiger partial charge in [-0.1, -0.05) is 42.0 Å². The van der Waals surface area contributed by atoms with Gasteiger partial charge in [-0.05, 0) is 31.2 Å². The number of furan rings is 1. The van der Waals surface area contributed by atoms with Gasteiger partial charge in [0.15, 0.2) is 0 Å². The summed E-state index contributed by atoms with van der Waals surface area (Å²) in [6.45, 7) is 1.88. The van der Waals surface area contributed by atoms with Gasteiger partial charge in [-0.3, -0.25) is 4.79 Å². The molecule has 0 fully saturated rings. The van der Waals surface area contributed by atoms with Crippen molar-refractivity contribution >= 4 is 17.8 Å². The summed E-state index contributed by atoms with van der Waals surface area (Å²) in [5.74, 6) is -0.0738. The Kier molecular flexibility index (Phi) is 5.52. The Bertz CT molecular complexity index is 1120. The summed E-state index contributed by atoms with van der Waals surface area (Å²) in [6.07, 6.45) is 1.40. The fourth-order valence-electron chi connectivity index (χ4n) is 2.79. The SMILES string of the molecule is COC(=O)c1ccccc1-c1ccc(/C=C(\C#N)C(=O)c2cccc(C)c2)o1. The van der Waals surface area contributed by atoms with Crippen molar-refractivity contribution in [3.05, 3.63) is 88.7 Å². The standard InChI is InChI=1S/C23H17NO4/c1-15-6-5-7-16(12-15)22(25)17(14-24)13-18-10-11-21(28-18)19-8-3-4-9-20(19)23(26)27-2/h3-13H,1-2H3/b17-13+. The summed E-state index contributed by atoms with van der Waals surface area (Å²) < 4.78 is 10.6. The van der Waals surface area contributed by atoms with Crippen molar-refractivity contribution in [1.82, 2.24) is 0 Å². The fraction of sp³-hybridized carbons (Fsp3) is 0.0870. The molecule has 0 radical (unpaired) electrons. The average Bonchev–Trinajstić information content (AvgIpc) is 3.19. The van der Waals surface area contributed by atoms with Crippen LogP contribution >= 0.6 is 0 Å². The second kappa shape index (κ2) is 8.19. The highest BCUT2D eigenvalue weighted by Crippen LogP contribution is 2.27. The van der Waals surface area contributed by atoms with Gasteiger partial charge in [0.2, 0.25) is 5.78 Å². The van der Waals surface area contributed by atoms with Crippen LogP contribution in [0, 0.1) is 18.3 Å². The highest BCUT2D eigenvalue weighted by molar-refractivity contribution is 6.14. The molecular formula is C23H17NO4. The lowest BCUT2D eigenvalue weighted by molar-refractivity contribution is 0.0601. The van der Waals surface area contributed by atoms with Crippen molar-refractivity contribution in [2.24, 2.45) is 0 Å². The van der Waals surface area contributed by atoms with Crippen molar-refractivity contribution in [1.29, 1.82) is 5.26 Å². The van der Waals surface area contributed by atoms with Crippen molar-refractivity contribution < 1.29 is 18.7 Å². The number of hydrogen-bond donors (Lipinski definition) is 0. The maximum absolute atomic E-state index is 12.6. The number of hydrogen-bond acceptors (Lipinski definition) is 5. The zero-order chi connectivity index (χ0) is 20.1. The van der Waals surface area contributed by atoms with Gasteiger partial charge in [0.1, 0.15) is 23.2 Å². The molecule has 1 heterocycles. The Morgan fingerprint density at radius 2 is 1.86 bits per heavy atom. The first kappa shape index (κ1) is 18.9. The molecule has 1 aromatic heterocycles. The number of aryl methyl sites for hydroxylation is 1. The maximum Gasteiger partial charge on any atom is 0.338 e. The molecular weight excluding hydrogens is 354 g/mol. The predicted molar refractivity (Wildman–Crippen MR) is 105 cm³/mol. The molecule has 0 spiro atoms. The maximum atomic E-state index is 12.6. The molecule has 0 aliphatic carbocycles. The van der Waals surface area contributed by atoms with E-state index in [0.29, 0.717) is 28.2 Å². The quantitative estimate of drug-likeness (QED) is 0.278. The van der Waals surface area contributed by atoms with Gasteiger partial charge >= 0.3 is 5.97 Å². The van der Waals surface area contributed by atoms with Crippen LogP contribution < -0.4 is 0 Å². The first-order valence-corrected chi connectivity index (χ1v) is 8.54. The molecule has 0 amide bonds. The van der Waals surface area contributed by atoms with Crippen LogP contribution in [0.5, 0.6) is 0 Å². The van der Waals surface area contributed by atoms with Gasteiger partial charge in [-0.15, -0.1) is 0 Å². The molecule has 0 atom stereocenters. The van der Waals surface area contributed by atoms with E-state index in [1.54, 1.807) is 54.6 Å². The molecule has 3 aromatic rings. The van der Waals surface area contributed by atoms with Gasteiger partial charge in [-0.2, -0.15) is 5.26 Å². The number of ketones is 1. The molecule has 5 nitrogen and oxygen atoms in total. The predicted octanol–water partition coefficient (Wildman–Crippen LogP) is 4.83.